The molecule has 0 aliphatic rings. The van der Waals surface area contributed by atoms with Crippen molar-refractivity contribution in [1.29, 1.82) is 0 Å². The average Bonchev–Trinajstić information content (AvgIpc) is 2.70. The van der Waals surface area contributed by atoms with Crippen LogP contribution in [-0.4, -0.2) is 44.4 Å². The van der Waals surface area contributed by atoms with Gasteiger partial charge in [0.05, 0.1) is 13.7 Å². The van der Waals surface area contributed by atoms with Crippen LogP contribution < -0.4 is 10.6 Å². The van der Waals surface area contributed by atoms with Crippen molar-refractivity contribution in [2.75, 3.05) is 20.8 Å². The van der Waals surface area contributed by atoms with Gasteiger partial charge in [0.25, 0.3) is 0 Å². The third kappa shape index (κ3) is 11.3. The highest BCUT2D eigenvalue weighted by Gasteiger charge is 2.26. The molecule has 0 fully saturated rings. The van der Waals surface area contributed by atoms with Crippen LogP contribution in [-0.2, 0) is 14.3 Å². The molecule has 1 amide bonds. The Hall–Kier alpha value is -1.56. The maximum atomic E-state index is 12.1. The third-order valence-corrected chi connectivity index (χ3v) is 4.99. The van der Waals surface area contributed by atoms with Gasteiger partial charge in [-0.2, -0.15) is 0 Å². The number of amides is 1. The zero-order valence-corrected chi connectivity index (χ0v) is 18.6. The lowest BCUT2D eigenvalue weighted by atomic mass is 9.86. The highest BCUT2D eigenvalue weighted by molar-refractivity contribution is 5.83. The first-order valence-electron chi connectivity index (χ1n) is 10.9. The third-order valence-electron chi connectivity index (χ3n) is 4.99. The standard InChI is InChI=1S/C22H42N2O4/c1-6-9-11-12-13-16-22(23-4,15-8-3)17-14-19(20(25)27-5)24-21(26)28-18-10-7-2/h14,17,19,23H,6-13,15-16,18H2,1-5H3,(H,24,26)/b17-14+. The molecule has 0 heterocycles. The zero-order chi connectivity index (χ0) is 21.3. The lowest BCUT2D eigenvalue weighted by Gasteiger charge is -2.31. The minimum atomic E-state index is -0.858. The molecule has 0 radical (unpaired) electrons. The highest BCUT2D eigenvalue weighted by Crippen LogP contribution is 2.23. The maximum absolute atomic E-state index is 12.1. The van der Waals surface area contributed by atoms with E-state index in [1.54, 1.807) is 6.08 Å². The summed E-state index contributed by atoms with van der Waals surface area (Å²) in [4.78, 5) is 24.1. The second kappa shape index (κ2) is 16.4. The molecular weight excluding hydrogens is 356 g/mol. The van der Waals surface area contributed by atoms with Crippen LogP contribution in [0.4, 0.5) is 4.79 Å². The summed E-state index contributed by atoms with van der Waals surface area (Å²) in [6.45, 7) is 6.73. The van der Waals surface area contributed by atoms with Crippen LogP contribution in [0.15, 0.2) is 12.2 Å². The van der Waals surface area contributed by atoms with Crippen LogP contribution in [0, 0.1) is 0 Å². The first-order valence-corrected chi connectivity index (χ1v) is 10.9. The van der Waals surface area contributed by atoms with Gasteiger partial charge < -0.3 is 20.1 Å². The molecule has 0 spiro atoms. The van der Waals surface area contributed by atoms with Crippen LogP contribution in [0.1, 0.15) is 85.0 Å². The number of hydrogen-bond donors (Lipinski definition) is 2. The molecule has 0 aromatic rings. The molecule has 164 valence electrons. The van der Waals surface area contributed by atoms with Gasteiger partial charge >= 0.3 is 12.1 Å². The van der Waals surface area contributed by atoms with E-state index in [9.17, 15) is 9.59 Å². The summed E-state index contributed by atoms with van der Waals surface area (Å²) in [6, 6.07) is -0.858. The number of alkyl carbamates (subject to hydrolysis) is 1. The molecule has 2 unspecified atom stereocenters. The summed E-state index contributed by atoms with van der Waals surface area (Å²) in [6.07, 6.45) is 13.9. The van der Waals surface area contributed by atoms with E-state index >= 15 is 0 Å². The van der Waals surface area contributed by atoms with Crippen LogP contribution in [0.5, 0.6) is 0 Å². The van der Waals surface area contributed by atoms with Crippen molar-refractivity contribution in [2.45, 2.75) is 96.6 Å². The Morgan fingerprint density at radius 3 is 2.21 bits per heavy atom. The molecule has 0 saturated heterocycles. The van der Waals surface area contributed by atoms with Crippen molar-refractivity contribution in [2.24, 2.45) is 0 Å². The highest BCUT2D eigenvalue weighted by atomic mass is 16.6. The van der Waals surface area contributed by atoms with Crippen LogP contribution in [0.3, 0.4) is 0 Å². The molecule has 6 heteroatoms. The molecular formula is C22H42N2O4. The van der Waals surface area contributed by atoms with E-state index < -0.39 is 18.1 Å². The molecule has 6 nitrogen and oxygen atoms in total. The lowest BCUT2D eigenvalue weighted by molar-refractivity contribution is -0.141. The van der Waals surface area contributed by atoms with Gasteiger partial charge in [0.15, 0.2) is 0 Å². The molecule has 2 N–H and O–H groups in total. The number of likely N-dealkylation sites (N-methyl/N-ethyl adjacent to an activating group) is 1. The fraction of sp³-hybridized carbons (Fsp3) is 0.818. The maximum Gasteiger partial charge on any atom is 0.408 e. The largest absolute Gasteiger partial charge is 0.467 e. The van der Waals surface area contributed by atoms with Gasteiger partial charge in [-0.3, -0.25) is 0 Å². The monoisotopic (exact) mass is 398 g/mol. The van der Waals surface area contributed by atoms with E-state index in [4.69, 9.17) is 9.47 Å². The number of hydrogen-bond acceptors (Lipinski definition) is 5. The normalized spacial score (nSPS) is 14.5. The summed E-state index contributed by atoms with van der Waals surface area (Å²) in [5.74, 6) is -0.506. The molecule has 0 aliphatic carbocycles. The molecule has 0 saturated carbocycles. The number of methoxy groups -OCH3 is 1. The molecule has 0 aromatic heterocycles. The Morgan fingerprint density at radius 1 is 0.964 bits per heavy atom. The average molecular weight is 399 g/mol. The van der Waals surface area contributed by atoms with E-state index in [1.165, 1.54) is 32.8 Å². The predicted octanol–water partition coefficient (Wildman–Crippen LogP) is 4.73. The number of carbonyl (C=O) groups excluding carboxylic acids is 2. The Kier molecular flexibility index (Phi) is 15.5. The molecule has 0 bridgehead atoms. The van der Waals surface area contributed by atoms with Crippen molar-refractivity contribution < 1.29 is 19.1 Å². The topological polar surface area (TPSA) is 76.7 Å². The van der Waals surface area contributed by atoms with Crippen molar-refractivity contribution in [3.63, 3.8) is 0 Å². The zero-order valence-electron chi connectivity index (χ0n) is 18.6. The number of esters is 1. The summed E-state index contributed by atoms with van der Waals surface area (Å²) in [7, 11) is 3.27. The van der Waals surface area contributed by atoms with Crippen LogP contribution in [0.2, 0.25) is 0 Å². The van der Waals surface area contributed by atoms with Gasteiger partial charge in [-0.15, -0.1) is 0 Å². The van der Waals surface area contributed by atoms with E-state index in [2.05, 4.69) is 24.5 Å². The van der Waals surface area contributed by atoms with E-state index in [1.807, 2.05) is 20.0 Å². The Labute approximate surface area is 171 Å². The van der Waals surface area contributed by atoms with Gasteiger partial charge in [-0.05, 0) is 26.3 Å². The number of carbonyl (C=O) groups is 2. The van der Waals surface area contributed by atoms with Crippen molar-refractivity contribution in [3.05, 3.63) is 12.2 Å². The predicted molar refractivity (Wildman–Crippen MR) is 114 cm³/mol. The first-order chi connectivity index (χ1) is 13.5. The summed E-state index contributed by atoms with van der Waals surface area (Å²) in [5.41, 5.74) is -0.193. The number of unbranched alkanes of at least 4 members (excludes halogenated alkanes) is 5. The molecule has 2 atom stereocenters. The molecule has 28 heavy (non-hydrogen) atoms. The van der Waals surface area contributed by atoms with Gasteiger partial charge in [0, 0.05) is 5.54 Å². The minimum Gasteiger partial charge on any atom is -0.467 e. The quantitative estimate of drug-likeness (QED) is 0.223. The number of nitrogens with one attached hydrogen (secondary N) is 2. The minimum absolute atomic E-state index is 0.193. The fourth-order valence-corrected chi connectivity index (χ4v) is 3.19. The summed E-state index contributed by atoms with van der Waals surface area (Å²) < 4.78 is 9.95. The molecule has 0 aliphatic heterocycles. The molecule has 0 rings (SSSR count). The van der Waals surface area contributed by atoms with Gasteiger partial charge in [-0.1, -0.05) is 77.9 Å². The van der Waals surface area contributed by atoms with Gasteiger partial charge in [0.2, 0.25) is 0 Å². The summed E-state index contributed by atoms with van der Waals surface area (Å²) >= 11 is 0. The summed E-state index contributed by atoms with van der Waals surface area (Å²) in [5, 5.41) is 6.03. The second-order valence-electron chi connectivity index (χ2n) is 7.31. The van der Waals surface area contributed by atoms with Crippen LogP contribution >= 0.6 is 0 Å². The van der Waals surface area contributed by atoms with Crippen molar-refractivity contribution in [3.8, 4) is 0 Å². The number of ether oxygens (including phenoxy) is 2. The Bertz CT molecular complexity index is 454. The fourth-order valence-electron chi connectivity index (χ4n) is 3.19. The van der Waals surface area contributed by atoms with Crippen LogP contribution in [0.25, 0.3) is 0 Å². The SMILES string of the molecule is CCCCCCCC(/C=C/C(NC(=O)OCCCC)C(=O)OC)(CCC)NC. The van der Waals surface area contributed by atoms with Crippen molar-refractivity contribution >= 4 is 12.1 Å². The van der Waals surface area contributed by atoms with E-state index in [-0.39, 0.29) is 5.54 Å². The first kappa shape index (κ1) is 26.4. The Balaban J connectivity index is 5.04. The second-order valence-corrected chi connectivity index (χ2v) is 7.31. The van der Waals surface area contributed by atoms with E-state index in [0.717, 1.165) is 38.5 Å². The van der Waals surface area contributed by atoms with Gasteiger partial charge in [0.1, 0.15) is 6.04 Å². The van der Waals surface area contributed by atoms with Crippen molar-refractivity contribution in [1.82, 2.24) is 10.6 Å². The smallest absolute Gasteiger partial charge is 0.408 e. The van der Waals surface area contributed by atoms with E-state index in [0.29, 0.717) is 6.61 Å². The molecule has 0 aromatic carbocycles. The Morgan fingerprint density at radius 2 is 1.64 bits per heavy atom. The number of rotatable bonds is 16. The lowest BCUT2D eigenvalue weighted by Crippen LogP contribution is -2.44. The van der Waals surface area contributed by atoms with Gasteiger partial charge in [-0.25, -0.2) is 9.59 Å².